The van der Waals surface area contributed by atoms with Crippen LogP contribution in [0.1, 0.15) is 47.3 Å². The highest BCUT2D eigenvalue weighted by atomic mass is 32.1. The summed E-state index contributed by atoms with van der Waals surface area (Å²) in [5.74, 6) is 0. The van der Waals surface area contributed by atoms with Crippen molar-refractivity contribution < 1.29 is 5.11 Å². The third-order valence-corrected chi connectivity index (χ3v) is 5.20. The van der Waals surface area contributed by atoms with Crippen molar-refractivity contribution in [1.29, 1.82) is 0 Å². The molecule has 0 saturated heterocycles. The summed E-state index contributed by atoms with van der Waals surface area (Å²) in [4.78, 5) is 6.74. The van der Waals surface area contributed by atoms with Gasteiger partial charge in [0.15, 0.2) is 0 Å². The van der Waals surface area contributed by atoms with Crippen LogP contribution in [0.5, 0.6) is 0 Å². The monoisotopic (exact) mass is 281 g/mol. The van der Waals surface area contributed by atoms with Crippen LogP contribution < -0.4 is 0 Å². The van der Waals surface area contributed by atoms with Gasteiger partial charge in [-0.3, -0.25) is 0 Å². The average Bonchev–Trinajstić information content (AvgIpc) is 2.85. The molecule has 0 aliphatic rings. The van der Waals surface area contributed by atoms with Crippen LogP contribution in [0.4, 0.5) is 0 Å². The van der Waals surface area contributed by atoms with Crippen molar-refractivity contribution in [2.45, 2.75) is 45.6 Å². The number of hydrogen-bond donors (Lipinski definition) is 1. The maximum Gasteiger partial charge on any atom is 0.0937 e. The molecule has 0 amide bonds. The number of aryl methyl sites for hydroxylation is 1. The van der Waals surface area contributed by atoms with Gasteiger partial charge in [-0.25, -0.2) is 4.98 Å². The van der Waals surface area contributed by atoms with Crippen LogP contribution in [0.15, 0.2) is 17.5 Å². The van der Waals surface area contributed by atoms with Crippen molar-refractivity contribution in [3.05, 3.63) is 38.0 Å². The molecule has 98 valence electrons. The zero-order chi connectivity index (χ0) is 13.3. The van der Waals surface area contributed by atoms with E-state index in [0.29, 0.717) is 6.42 Å². The molecule has 0 bridgehead atoms. The molecule has 0 radical (unpaired) electrons. The van der Waals surface area contributed by atoms with Crippen LogP contribution >= 0.6 is 22.7 Å². The van der Waals surface area contributed by atoms with Gasteiger partial charge in [-0.15, -0.1) is 22.7 Å². The van der Waals surface area contributed by atoms with E-state index in [-0.39, 0.29) is 5.41 Å². The molecule has 0 aromatic carbocycles. The van der Waals surface area contributed by atoms with E-state index >= 15 is 0 Å². The van der Waals surface area contributed by atoms with E-state index < -0.39 is 6.10 Å². The number of hydrogen-bond acceptors (Lipinski definition) is 4. The number of rotatable bonds is 3. The second-order valence-electron chi connectivity index (χ2n) is 5.53. The molecular formula is C14H19NOS2. The predicted octanol–water partition coefficient (Wildman–Crippen LogP) is 4.09. The van der Waals surface area contributed by atoms with Gasteiger partial charge in [0.2, 0.25) is 0 Å². The number of aromatic nitrogens is 1. The Kier molecular flexibility index (Phi) is 3.90. The maximum absolute atomic E-state index is 10.2. The summed E-state index contributed by atoms with van der Waals surface area (Å²) in [5, 5.41) is 13.3. The second-order valence-corrected chi connectivity index (χ2v) is 7.71. The third-order valence-electron chi connectivity index (χ3n) is 2.76. The highest BCUT2D eigenvalue weighted by Gasteiger charge is 2.19. The first-order valence-electron chi connectivity index (χ1n) is 6.05. The van der Waals surface area contributed by atoms with Gasteiger partial charge in [0.05, 0.1) is 16.8 Å². The quantitative estimate of drug-likeness (QED) is 0.919. The molecule has 0 spiro atoms. The van der Waals surface area contributed by atoms with Crippen LogP contribution in [0.2, 0.25) is 0 Å². The standard InChI is InChI=1S/C14H19NOS2/c1-9-15-10(8-17-9)7-11(16)12-5-6-13(18-12)14(2,3)4/h5-6,8,11,16H,7H2,1-4H3. The van der Waals surface area contributed by atoms with Crippen molar-refractivity contribution in [2.24, 2.45) is 0 Å². The lowest BCUT2D eigenvalue weighted by Crippen LogP contribution is -2.07. The Hall–Kier alpha value is -0.710. The molecule has 0 fully saturated rings. The number of aliphatic hydroxyl groups excluding tert-OH is 1. The zero-order valence-electron chi connectivity index (χ0n) is 11.2. The van der Waals surface area contributed by atoms with E-state index in [1.165, 1.54) is 4.88 Å². The molecule has 2 nitrogen and oxygen atoms in total. The smallest absolute Gasteiger partial charge is 0.0937 e. The molecule has 1 N–H and O–H groups in total. The van der Waals surface area contributed by atoms with Gasteiger partial charge in [0, 0.05) is 21.6 Å². The molecule has 1 unspecified atom stereocenters. The largest absolute Gasteiger partial charge is 0.387 e. The highest BCUT2D eigenvalue weighted by molar-refractivity contribution is 7.12. The van der Waals surface area contributed by atoms with Crippen LogP contribution in [0.3, 0.4) is 0 Å². The molecule has 2 aromatic heterocycles. The van der Waals surface area contributed by atoms with Gasteiger partial charge in [-0.05, 0) is 24.5 Å². The molecule has 0 saturated carbocycles. The third kappa shape index (κ3) is 3.19. The minimum absolute atomic E-state index is 0.153. The molecule has 4 heteroatoms. The van der Waals surface area contributed by atoms with Crippen LogP contribution in [0.25, 0.3) is 0 Å². The Balaban J connectivity index is 2.09. The van der Waals surface area contributed by atoms with Gasteiger partial charge < -0.3 is 5.11 Å². The first-order valence-corrected chi connectivity index (χ1v) is 7.75. The van der Waals surface area contributed by atoms with Crippen molar-refractivity contribution >= 4 is 22.7 Å². The number of thiazole rings is 1. The fraction of sp³-hybridized carbons (Fsp3) is 0.500. The van der Waals surface area contributed by atoms with Crippen LogP contribution in [0, 0.1) is 6.92 Å². The molecule has 18 heavy (non-hydrogen) atoms. The number of thiophene rings is 1. The fourth-order valence-corrected chi connectivity index (χ4v) is 3.41. The molecule has 2 rings (SSSR count). The first-order chi connectivity index (χ1) is 8.36. The van der Waals surface area contributed by atoms with Gasteiger partial charge >= 0.3 is 0 Å². The van der Waals surface area contributed by atoms with Crippen LogP contribution in [-0.2, 0) is 11.8 Å². The molecule has 0 aliphatic carbocycles. The Bertz CT molecular complexity index is 522. The average molecular weight is 281 g/mol. The topological polar surface area (TPSA) is 33.1 Å². The summed E-state index contributed by atoms with van der Waals surface area (Å²) in [5.41, 5.74) is 1.13. The van der Waals surface area contributed by atoms with Crippen molar-refractivity contribution in [3.63, 3.8) is 0 Å². The van der Waals surface area contributed by atoms with Gasteiger partial charge in [0.1, 0.15) is 0 Å². The fourth-order valence-electron chi connectivity index (χ4n) is 1.74. The summed E-state index contributed by atoms with van der Waals surface area (Å²) < 4.78 is 0. The Morgan fingerprint density at radius 3 is 2.56 bits per heavy atom. The van der Waals surface area contributed by atoms with E-state index in [2.05, 4.69) is 31.8 Å². The molecular weight excluding hydrogens is 262 g/mol. The summed E-state index contributed by atoms with van der Waals surface area (Å²) in [6.45, 7) is 8.57. The second kappa shape index (κ2) is 5.11. The van der Waals surface area contributed by atoms with Gasteiger partial charge in [-0.1, -0.05) is 20.8 Å². The summed E-state index contributed by atoms with van der Waals surface area (Å²) >= 11 is 3.33. The molecule has 0 aliphatic heterocycles. The zero-order valence-corrected chi connectivity index (χ0v) is 12.9. The van der Waals surface area contributed by atoms with Crippen molar-refractivity contribution in [3.8, 4) is 0 Å². The lowest BCUT2D eigenvalue weighted by Gasteiger charge is -2.15. The highest BCUT2D eigenvalue weighted by Crippen LogP contribution is 2.33. The van der Waals surface area contributed by atoms with Gasteiger partial charge in [-0.2, -0.15) is 0 Å². The summed E-state index contributed by atoms with van der Waals surface area (Å²) in [6.07, 6.45) is 0.168. The van der Waals surface area contributed by atoms with E-state index in [1.54, 1.807) is 22.7 Å². The van der Waals surface area contributed by atoms with E-state index in [4.69, 9.17) is 0 Å². The molecule has 2 aromatic rings. The number of aliphatic hydroxyl groups is 1. The Labute approximate surface area is 116 Å². The Morgan fingerprint density at radius 2 is 2.06 bits per heavy atom. The maximum atomic E-state index is 10.2. The Morgan fingerprint density at radius 1 is 1.33 bits per heavy atom. The van der Waals surface area contributed by atoms with E-state index in [9.17, 15) is 5.11 Å². The van der Waals surface area contributed by atoms with Crippen molar-refractivity contribution in [2.75, 3.05) is 0 Å². The lowest BCUT2D eigenvalue weighted by atomic mass is 9.95. The van der Waals surface area contributed by atoms with Crippen molar-refractivity contribution in [1.82, 2.24) is 4.98 Å². The van der Waals surface area contributed by atoms with Crippen LogP contribution in [-0.4, -0.2) is 10.1 Å². The summed E-state index contributed by atoms with van der Waals surface area (Å²) in [7, 11) is 0. The minimum Gasteiger partial charge on any atom is -0.387 e. The summed E-state index contributed by atoms with van der Waals surface area (Å²) in [6, 6.07) is 4.16. The SMILES string of the molecule is Cc1nc(CC(O)c2ccc(C(C)(C)C)s2)cs1. The number of nitrogens with zero attached hydrogens (tertiary/aromatic N) is 1. The predicted molar refractivity (Wildman–Crippen MR) is 78.5 cm³/mol. The first kappa shape index (κ1) is 13.7. The molecule has 1 atom stereocenters. The minimum atomic E-state index is -0.437. The lowest BCUT2D eigenvalue weighted by molar-refractivity contribution is 0.181. The van der Waals surface area contributed by atoms with E-state index in [1.807, 2.05) is 18.4 Å². The van der Waals surface area contributed by atoms with E-state index in [0.717, 1.165) is 15.6 Å². The van der Waals surface area contributed by atoms with Gasteiger partial charge in [0.25, 0.3) is 0 Å². The molecule has 2 heterocycles. The normalized spacial score (nSPS) is 13.8.